The summed E-state index contributed by atoms with van der Waals surface area (Å²) in [6.45, 7) is 7.67. The molecule has 3 unspecified atom stereocenters. The Kier molecular flexibility index (Phi) is 4.76. The molecule has 0 aliphatic heterocycles. The number of nitrogens with one attached hydrogen (secondary N) is 1. The number of carbonyl (C=O) groups is 1. The minimum absolute atomic E-state index is 0.0337. The van der Waals surface area contributed by atoms with Crippen molar-refractivity contribution < 1.29 is 9.53 Å². The van der Waals surface area contributed by atoms with Crippen LogP contribution in [0.25, 0.3) is 0 Å². The maximum atomic E-state index is 13.1. The Morgan fingerprint density at radius 3 is 2.67 bits per heavy atom. The van der Waals surface area contributed by atoms with Gasteiger partial charge in [0.2, 0.25) is 5.88 Å². The van der Waals surface area contributed by atoms with Gasteiger partial charge < -0.3 is 10.1 Å². The zero-order valence-electron chi connectivity index (χ0n) is 17.4. The van der Waals surface area contributed by atoms with E-state index in [9.17, 15) is 4.79 Å². The number of aromatic nitrogens is 2. The number of ether oxygens (including phenoxy) is 1. The fourth-order valence-corrected chi connectivity index (χ4v) is 6.17. The lowest BCUT2D eigenvalue weighted by Gasteiger charge is -2.43. The van der Waals surface area contributed by atoms with Gasteiger partial charge in [-0.25, -0.2) is 4.68 Å². The second-order valence-corrected chi connectivity index (χ2v) is 10.1. The normalized spacial score (nSPS) is 32.6. The zero-order chi connectivity index (χ0) is 19.2. The van der Waals surface area contributed by atoms with Gasteiger partial charge in [0, 0.05) is 13.1 Å². The van der Waals surface area contributed by atoms with E-state index in [1.54, 1.807) is 10.9 Å². The zero-order valence-corrected chi connectivity index (χ0v) is 17.4. The molecule has 0 spiro atoms. The van der Waals surface area contributed by atoms with Crippen LogP contribution >= 0.6 is 0 Å². The summed E-state index contributed by atoms with van der Waals surface area (Å²) in [5, 5.41) is 7.69. The first-order valence-corrected chi connectivity index (χ1v) is 10.8. The molecule has 5 nitrogen and oxygen atoms in total. The largest absolute Gasteiger partial charge is 0.477 e. The van der Waals surface area contributed by atoms with Crippen LogP contribution in [0, 0.1) is 22.7 Å². The summed E-state index contributed by atoms with van der Waals surface area (Å²) in [5.41, 5.74) is 0.943. The third-order valence-electron chi connectivity index (χ3n) is 7.85. The Morgan fingerprint density at radius 1 is 1.26 bits per heavy atom. The summed E-state index contributed by atoms with van der Waals surface area (Å²) >= 11 is 0. The Morgan fingerprint density at radius 2 is 2.00 bits per heavy atom. The molecule has 1 amide bonds. The van der Waals surface area contributed by atoms with Gasteiger partial charge >= 0.3 is 0 Å². The Labute approximate surface area is 163 Å². The summed E-state index contributed by atoms with van der Waals surface area (Å²) in [5.74, 6) is 1.90. The van der Waals surface area contributed by atoms with E-state index in [2.05, 4.69) is 31.2 Å². The number of rotatable bonds is 5. The molecule has 0 radical (unpaired) electrons. The number of nitrogens with zero attached hydrogens (tertiary/aromatic N) is 2. The molecule has 1 aromatic rings. The minimum Gasteiger partial charge on any atom is -0.477 e. The molecule has 2 bridgehead atoms. The van der Waals surface area contributed by atoms with Crippen molar-refractivity contribution in [1.82, 2.24) is 15.1 Å². The third kappa shape index (κ3) is 3.27. The van der Waals surface area contributed by atoms with Crippen LogP contribution in [-0.4, -0.2) is 28.3 Å². The van der Waals surface area contributed by atoms with E-state index < -0.39 is 0 Å². The van der Waals surface area contributed by atoms with Crippen molar-refractivity contribution in [3.05, 3.63) is 11.8 Å². The van der Waals surface area contributed by atoms with Gasteiger partial charge in [-0.3, -0.25) is 4.79 Å². The molecule has 150 valence electrons. The molecule has 27 heavy (non-hydrogen) atoms. The molecular weight excluding hydrogens is 338 g/mol. The third-order valence-corrected chi connectivity index (χ3v) is 7.85. The predicted molar refractivity (Wildman–Crippen MR) is 106 cm³/mol. The van der Waals surface area contributed by atoms with Crippen molar-refractivity contribution in [1.29, 1.82) is 0 Å². The van der Waals surface area contributed by atoms with Crippen molar-refractivity contribution in [2.24, 2.45) is 29.7 Å². The number of hydrogen-bond donors (Lipinski definition) is 1. The molecule has 3 aliphatic carbocycles. The van der Waals surface area contributed by atoms with Gasteiger partial charge in [-0.05, 0) is 54.8 Å². The lowest BCUT2D eigenvalue weighted by atomic mass is 9.68. The fourth-order valence-electron chi connectivity index (χ4n) is 6.17. The molecular formula is C22H35N3O2. The monoisotopic (exact) mass is 373 g/mol. The topological polar surface area (TPSA) is 56.2 Å². The molecule has 1 N–H and O–H groups in total. The molecule has 3 aliphatic rings. The first-order valence-electron chi connectivity index (χ1n) is 10.8. The van der Waals surface area contributed by atoms with Crippen LogP contribution in [0.2, 0.25) is 0 Å². The number of hydrogen-bond acceptors (Lipinski definition) is 3. The van der Waals surface area contributed by atoms with Crippen LogP contribution in [0.4, 0.5) is 0 Å². The van der Waals surface area contributed by atoms with E-state index in [4.69, 9.17) is 4.74 Å². The van der Waals surface area contributed by atoms with Crippen molar-refractivity contribution in [3.8, 4) is 5.88 Å². The highest BCUT2D eigenvalue weighted by molar-refractivity contribution is 5.96. The van der Waals surface area contributed by atoms with E-state index in [1.165, 1.54) is 51.4 Å². The maximum absolute atomic E-state index is 13.1. The van der Waals surface area contributed by atoms with Gasteiger partial charge in [0.25, 0.3) is 5.91 Å². The quantitative estimate of drug-likeness (QED) is 0.836. The number of carbonyl (C=O) groups excluding carboxylic acids is 1. The predicted octanol–water partition coefficient (Wildman–Crippen LogP) is 4.32. The van der Waals surface area contributed by atoms with Crippen LogP contribution in [-0.2, 0) is 7.05 Å². The average Bonchev–Trinajstić information content (AvgIpc) is 3.26. The van der Waals surface area contributed by atoms with Crippen LogP contribution in [0.15, 0.2) is 6.20 Å². The van der Waals surface area contributed by atoms with Crippen LogP contribution in [0.1, 0.15) is 82.5 Å². The van der Waals surface area contributed by atoms with Gasteiger partial charge in [-0.15, -0.1) is 0 Å². The molecule has 3 atom stereocenters. The summed E-state index contributed by atoms with van der Waals surface area (Å²) < 4.78 is 7.81. The minimum atomic E-state index is -0.0337. The van der Waals surface area contributed by atoms with Gasteiger partial charge in [0.15, 0.2) is 0 Å². The van der Waals surface area contributed by atoms with Crippen molar-refractivity contribution in [2.75, 3.05) is 6.61 Å². The molecule has 3 fully saturated rings. The van der Waals surface area contributed by atoms with Gasteiger partial charge in [-0.2, -0.15) is 5.10 Å². The number of amides is 1. The second kappa shape index (κ2) is 6.82. The smallest absolute Gasteiger partial charge is 0.258 e. The Bertz CT molecular complexity index is 700. The first kappa shape index (κ1) is 18.8. The van der Waals surface area contributed by atoms with Crippen molar-refractivity contribution in [3.63, 3.8) is 0 Å². The van der Waals surface area contributed by atoms with Crippen LogP contribution in [0.5, 0.6) is 5.88 Å². The molecule has 1 aromatic heterocycles. The van der Waals surface area contributed by atoms with E-state index in [-0.39, 0.29) is 22.8 Å². The molecule has 0 aromatic carbocycles. The van der Waals surface area contributed by atoms with Crippen molar-refractivity contribution in [2.45, 2.75) is 78.2 Å². The van der Waals surface area contributed by atoms with Crippen molar-refractivity contribution >= 4 is 5.91 Å². The molecule has 5 heteroatoms. The highest BCUT2D eigenvalue weighted by Crippen LogP contribution is 2.62. The van der Waals surface area contributed by atoms with E-state index in [0.717, 1.165) is 0 Å². The standard InChI is InChI=1S/C22H35N3O2/c1-21(2)16-10-11-22(3,12-16)20(21)24-18(26)17-13-23-25(4)19(17)27-14-15-8-6-5-7-9-15/h13,15-16,20H,5-12,14H2,1-4H3,(H,24,26). The fraction of sp³-hybridized carbons (Fsp3) is 0.818. The van der Waals surface area contributed by atoms with Gasteiger partial charge in [-0.1, -0.05) is 40.0 Å². The summed E-state index contributed by atoms with van der Waals surface area (Å²) in [6, 6.07) is 0.211. The van der Waals surface area contributed by atoms with Crippen LogP contribution < -0.4 is 10.1 Å². The number of aryl methyl sites for hydroxylation is 1. The SMILES string of the molecule is Cn1ncc(C(=O)NC2C3(C)CCC(C3)C2(C)C)c1OCC1CCCCC1. The number of fused-ring (bicyclic) bond motifs is 2. The second-order valence-electron chi connectivity index (χ2n) is 10.1. The maximum Gasteiger partial charge on any atom is 0.258 e. The molecule has 4 rings (SSSR count). The van der Waals surface area contributed by atoms with Gasteiger partial charge in [0.05, 0.1) is 12.8 Å². The summed E-state index contributed by atoms with van der Waals surface area (Å²) in [6.07, 6.45) is 11.8. The highest BCUT2D eigenvalue weighted by atomic mass is 16.5. The Hall–Kier alpha value is -1.52. The van der Waals surface area contributed by atoms with E-state index >= 15 is 0 Å². The molecule has 3 saturated carbocycles. The molecule has 0 saturated heterocycles. The van der Waals surface area contributed by atoms with E-state index in [0.29, 0.717) is 29.9 Å². The van der Waals surface area contributed by atoms with Gasteiger partial charge in [0.1, 0.15) is 5.56 Å². The lowest BCUT2D eigenvalue weighted by molar-refractivity contribution is 0.0732. The highest BCUT2D eigenvalue weighted by Gasteiger charge is 2.59. The summed E-state index contributed by atoms with van der Waals surface area (Å²) in [4.78, 5) is 13.1. The van der Waals surface area contributed by atoms with Crippen LogP contribution in [0.3, 0.4) is 0 Å². The Balaban J connectivity index is 1.46. The molecule has 1 heterocycles. The van der Waals surface area contributed by atoms with E-state index in [1.807, 2.05) is 7.05 Å². The lowest BCUT2D eigenvalue weighted by Crippen LogP contribution is -2.52. The summed E-state index contributed by atoms with van der Waals surface area (Å²) in [7, 11) is 1.86. The average molecular weight is 374 g/mol. The first-order chi connectivity index (χ1) is 12.8.